The summed E-state index contributed by atoms with van der Waals surface area (Å²) in [7, 11) is 0. The molecule has 0 bridgehead atoms. The molecular formula is C30H52ClN3O4. The summed E-state index contributed by atoms with van der Waals surface area (Å²) in [6.45, 7) is 3.93. The molecule has 3 saturated carbocycles. The van der Waals surface area contributed by atoms with Gasteiger partial charge in [0.25, 0.3) is 0 Å². The fourth-order valence-corrected chi connectivity index (χ4v) is 8.96. The monoisotopic (exact) mass is 553 g/mol. The van der Waals surface area contributed by atoms with Gasteiger partial charge in [-0.25, -0.2) is 0 Å². The van der Waals surface area contributed by atoms with Crippen LogP contribution >= 0.6 is 11.6 Å². The van der Waals surface area contributed by atoms with Crippen molar-refractivity contribution < 1.29 is 19.8 Å². The number of hydrogen-bond acceptors (Lipinski definition) is 6. The zero-order valence-corrected chi connectivity index (χ0v) is 24.2. The van der Waals surface area contributed by atoms with Gasteiger partial charge < -0.3 is 20.8 Å². The minimum atomic E-state index is -0.743. The quantitative estimate of drug-likeness (QED) is 0.324. The minimum Gasteiger partial charge on any atom is -0.396 e. The molecule has 8 heteroatoms. The highest BCUT2D eigenvalue weighted by Crippen LogP contribution is 2.42. The molecule has 5 aliphatic rings. The number of fused-ring (bicyclic) bond motifs is 1. The van der Waals surface area contributed by atoms with E-state index in [1.165, 1.54) is 51.4 Å². The molecule has 38 heavy (non-hydrogen) atoms. The first-order valence-electron chi connectivity index (χ1n) is 15.8. The fraction of sp³-hybridized carbons (Fsp3) is 0.967. The molecule has 0 spiro atoms. The van der Waals surface area contributed by atoms with Crippen molar-refractivity contribution in [1.82, 2.24) is 15.7 Å². The molecule has 3 aliphatic carbocycles. The van der Waals surface area contributed by atoms with Gasteiger partial charge in [0.15, 0.2) is 0 Å². The third-order valence-electron chi connectivity index (χ3n) is 10.9. The van der Waals surface area contributed by atoms with E-state index in [9.17, 15) is 15.0 Å². The zero-order chi connectivity index (χ0) is 26.6. The normalized spacial score (nSPS) is 43.1. The summed E-state index contributed by atoms with van der Waals surface area (Å²) in [5, 5.41) is 29.7. The molecule has 4 unspecified atom stereocenters. The van der Waals surface area contributed by atoms with Crippen LogP contribution in [-0.4, -0.2) is 77.1 Å². The van der Waals surface area contributed by atoms with Gasteiger partial charge in [0.05, 0.1) is 12.7 Å². The van der Waals surface area contributed by atoms with Crippen LogP contribution in [-0.2, 0) is 9.63 Å². The number of carbonyl (C=O) groups is 1. The van der Waals surface area contributed by atoms with Crippen molar-refractivity contribution in [3.05, 3.63) is 0 Å². The van der Waals surface area contributed by atoms with Gasteiger partial charge in [-0.1, -0.05) is 12.8 Å². The Bertz CT molecular complexity index is 756. The smallest absolute Gasteiger partial charge is 0.240 e. The summed E-state index contributed by atoms with van der Waals surface area (Å²) in [4.78, 5) is 19.7. The molecule has 0 aromatic heterocycles. The number of nitrogens with one attached hydrogen (secondary N) is 2. The third-order valence-corrected chi connectivity index (χ3v) is 11.4. The Balaban J connectivity index is 1.14. The summed E-state index contributed by atoms with van der Waals surface area (Å²) in [6, 6.07) is 0.111. The van der Waals surface area contributed by atoms with E-state index in [1.54, 1.807) is 6.92 Å². The van der Waals surface area contributed by atoms with Crippen LogP contribution in [0.15, 0.2) is 0 Å². The Morgan fingerprint density at radius 2 is 1.74 bits per heavy atom. The number of alkyl halides is 1. The van der Waals surface area contributed by atoms with Crippen molar-refractivity contribution in [1.29, 1.82) is 0 Å². The molecule has 2 saturated heterocycles. The van der Waals surface area contributed by atoms with Crippen molar-refractivity contribution in [2.45, 2.75) is 120 Å². The standard InChI is InChI=1S/C30H52ClN3O4/c1-19(36)29-26(18-35)28(30(37)32-15-14-23-16-33-27-5-3-2-4-25(23)27)34(38-29)17-20-6-8-21(9-7-20)22-10-12-24(31)13-11-22/h19-29,33,35-36H,2-18H2,1H3,(H,32,37)/t19-,20?,21?,22?,23?,24?,25?,26-,27?,28?,29-/m1/s1. The molecule has 7 atom stereocenters. The Morgan fingerprint density at radius 1 is 1.05 bits per heavy atom. The van der Waals surface area contributed by atoms with E-state index in [1.807, 2.05) is 5.06 Å². The number of carbonyl (C=O) groups excluding carboxylic acids is 1. The molecule has 2 aliphatic heterocycles. The number of halogens is 1. The first-order chi connectivity index (χ1) is 18.4. The number of hydroxylamine groups is 2. The van der Waals surface area contributed by atoms with Gasteiger partial charge in [-0.05, 0) is 114 Å². The van der Waals surface area contributed by atoms with Gasteiger partial charge in [0.1, 0.15) is 12.1 Å². The first kappa shape index (κ1) is 29.1. The zero-order valence-electron chi connectivity index (χ0n) is 23.4. The second kappa shape index (κ2) is 13.5. The summed E-state index contributed by atoms with van der Waals surface area (Å²) in [5.74, 6) is 2.99. The molecule has 1 amide bonds. The van der Waals surface area contributed by atoms with E-state index < -0.39 is 24.2 Å². The number of aliphatic hydroxyl groups excluding tert-OH is 2. The predicted molar refractivity (Wildman–Crippen MR) is 150 cm³/mol. The first-order valence-corrected chi connectivity index (χ1v) is 16.3. The average molecular weight is 554 g/mol. The van der Waals surface area contributed by atoms with Crippen LogP contribution < -0.4 is 10.6 Å². The molecule has 2 heterocycles. The Labute approximate surface area is 234 Å². The molecule has 0 aromatic carbocycles. The second-order valence-electron chi connectivity index (χ2n) is 13.3. The van der Waals surface area contributed by atoms with Crippen LogP contribution in [0.1, 0.15) is 90.4 Å². The summed E-state index contributed by atoms with van der Waals surface area (Å²) in [5.41, 5.74) is 0. The van der Waals surface area contributed by atoms with Crippen LogP contribution in [0.25, 0.3) is 0 Å². The topological polar surface area (TPSA) is 94.1 Å². The van der Waals surface area contributed by atoms with Crippen LogP contribution in [0.2, 0.25) is 0 Å². The molecule has 218 valence electrons. The largest absolute Gasteiger partial charge is 0.396 e. The van der Waals surface area contributed by atoms with Crippen LogP contribution in [0.5, 0.6) is 0 Å². The van der Waals surface area contributed by atoms with E-state index in [2.05, 4.69) is 10.6 Å². The van der Waals surface area contributed by atoms with E-state index >= 15 is 0 Å². The minimum absolute atomic E-state index is 0.0649. The highest BCUT2D eigenvalue weighted by Gasteiger charge is 2.49. The van der Waals surface area contributed by atoms with Crippen molar-refractivity contribution in [2.75, 3.05) is 26.2 Å². The Morgan fingerprint density at radius 3 is 2.42 bits per heavy atom. The van der Waals surface area contributed by atoms with Gasteiger partial charge in [0, 0.05) is 30.4 Å². The maximum Gasteiger partial charge on any atom is 0.240 e. The van der Waals surface area contributed by atoms with E-state index in [4.69, 9.17) is 16.4 Å². The molecule has 0 aromatic rings. The lowest BCUT2D eigenvalue weighted by molar-refractivity contribution is -0.193. The highest BCUT2D eigenvalue weighted by molar-refractivity contribution is 6.20. The molecular weight excluding hydrogens is 502 g/mol. The molecule has 4 N–H and O–H groups in total. The summed E-state index contributed by atoms with van der Waals surface area (Å²) < 4.78 is 0. The maximum atomic E-state index is 13.5. The van der Waals surface area contributed by atoms with Crippen LogP contribution in [0, 0.1) is 35.5 Å². The Kier molecular flexibility index (Phi) is 10.3. The molecule has 5 rings (SSSR count). The van der Waals surface area contributed by atoms with Gasteiger partial charge in [-0.3, -0.25) is 9.63 Å². The average Bonchev–Trinajstić information content (AvgIpc) is 3.51. The fourth-order valence-electron chi connectivity index (χ4n) is 8.70. The SMILES string of the molecule is C[C@@H](O)[C@H]1ON(CC2CCC(C3CCC(Cl)CC3)CC2)C(C(=O)NCCC2CNC3CCCCC23)[C@H]1CO. The van der Waals surface area contributed by atoms with Crippen LogP contribution in [0.3, 0.4) is 0 Å². The Hall–Kier alpha value is -0.440. The lowest BCUT2D eigenvalue weighted by atomic mass is 9.71. The lowest BCUT2D eigenvalue weighted by Crippen LogP contribution is -2.49. The van der Waals surface area contributed by atoms with Crippen LogP contribution in [0.4, 0.5) is 0 Å². The van der Waals surface area contributed by atoms with Gasteiger partial charge in [-0.2, -0.15) is 5.06 Å². The van der Waals surface area contributed by atoms with E-state index in [0.29, 0.717) is 36.3 Å². The van der Waals surface area contributed by atoms with Gasteiger partial charge >= 0.3 is 0 Å². The molecule has 5 fully saturated rings. The molecule has 0 radical (unpaired) electrons. The van der Waals surface area contributed by atoms with Gasteiger partial charge in [0.2, 0.25) is 5.91 Å². The number of nitrogens with zero attached hydrogens (tertiary/aromatic N) is 1. The van der Waals surface area contributed by atoms with Crippen molar-refractivity contribution in [3.8, 4) is 0 Å². The van der Waals surface area contributed by atoms with Crippen molar-refractivity contribution in [3.63, 3.8) is 0 Å². The van der Waals surface area contributed by atoms with Gasteiger partial charge in [-0.15, -0.1) is 11.6 Å². The molecule has 7 nitrogen and oxygen atoms in total. The third kappa shape index (κ3) is 6.71. The number of amides is 1. The summed E-state index contributed by atoms with van der Waals surface area (Å²) in [6.07, 6.45) is 14.6. The van der Waals surface area contributed by atoms with E-state index in [-0.39, 0.29) is 12.5 Å². The number of hydrogen-bond donors (Lipinski definition) is 4. The highest BCUT2D eigenvalue weighted by atomic mass is 35.5. The van der Waals surface area contributed by atoms with E-state index in [0.717, 1.165) is 56.4 Å². The number of rotatable bonds is 9. The number of aliphatic hydroxyl groups is 2. The van der Waals surface area contributed by atoms with Crippen molar-refractivity contribution in [2.24, 2.45) is 35.5 Å². The lowest BCUT2D eigenvalue weighted by Gasteiger charge is -2.38. The second-order valence-corrected chi connectivity index (χ2v) is 13.9. The summed E-state index contributed by atoms with van der Waals surface area (Å²) >= 11 is 6.34. The predicted octanol–water partition coefficient (Wildman–Crippen LogP) is 3.85. The van der Waals surface area contributed by atoms with Crippen molar-refractivity contribution >= 4 is 17.5 Å². The maximum absolute atomic E-state index is 13.5.